The van der Waals surface area contributed by atoms with Gasteiger partial charge in [-0.15, -0.1) is 0 Å². The number of aromatic nitrogens is 2. The monoisotopic (exact) mass is 279 g/mol. The predicted octanol–water partition coefficient (Wildman–Crippen LogP) is 1.72. The summed E-state index contributed by atoms with van der Waals surface area (Å²) in [6.45, 7) is 5.91. The Hall–Kier alpha value is -1.20. The van der Waals surface area contributed by atoms with E-state index in [0.29, 0.717) is 32.2 Å². The molecule has 1 atom stereocenters. The first-order valence-corrected chi connectivity index (χ1v) is 7.46. The molecule has 2 heterocycles. The molecule has 5 heteroatoms. The largest absolute Gasteiger partial charge is 0.381 e. The van der Waals surface area contributed by atoms with Gasteiger partial charge in [0.2, 0.25) is 0 Å². The maximum atomic E-state index is 12.6. The van der Waals surface area contributed by atoms with Crippen molar-refractivity contribution in [1.29, 1.82) is 0 Å². The highest BCUT2D eigenvalue weighted by Crippen LogP contribution is 2.31. The minimum Gasteiger partial charge on any atom is -0.381 e. The number of nitrogens with two attached hydrogens (primary N) is 1. The third kappa shape index (κ3) is 3.10. The first kappa shape index (κ1) is 15.2. The lowest BCUT2D eigenvalue weighted by Gasteiger charge is -2.34. The summed E-state index contributed by atoms with van der Waals surface area (Å²) in [7, 11) is 0. The first-order valence-electron chi connectivity index (χ1n) is 7.46. The van der Waals surface area contributed by atoms with Gasteiger partial charge >= 0.3 is 0 Å². The quantitative estimate of drug-likeness (QED) is 0.860. The summed E-state index contributed by atoms with van der Waals surface area (Å²) < 4.78 is 7.28. The molecule has 1 unspecified atom stereocenters. The van der Waals surface area contributed by atoms with Gasteiger partial charge in [-0.2, -0.15) is 5.10 Å². The van der Waals surface area contributed by atoms with Crippen molar-refractivity contribution in [3.05, 3.63) is 18.0 Å². The van der Waals surface area contributed by atoms with E-state index >= 15 is 0 Å². The van der Waals surface area contributed by atoms with Crippen LogP contribution in [0.25, 0.3) is 0 Å². The average molecular weight is 279 g/mol. The van der Waals surface area contributed by atoms with E-state index in [2.05, 4.69) is 18.9 Å². The number of rotatable bonds is 6. The second-order valence-corrected chi connectivity index (χ2v) is 5.74. The molecule has 5 nitrogen and oxygen atoms in total. The molecular weight excluding hydrogens is 254 g/mol. The van der Waals surface area contributed by atoms with E-state index in [4.69, 9.17) is 10.5 Å². The van der Waals surface area contributed by atoms with Gasteiger partial charge in [-0.25, -0.2) is 0 Å². The topological polar surface area (TPSA) is 70.1 Å². The molecule has 112 valence electrons. The van der Waals surface area contributed by atoms with Crippen LogP contribution in [-0.4, -0.2) is 35.3 Å². The zero-order valence-electron chi connectivity index (χ0n) is 12.5. The Morgan fingerprint density at radius 1 is 1.55 bits per heavy atom. The Morgan fingerprint density at radius 2 is 2.25 bits per heavy atom. The van der Waals surface area contributed by atoms with Gasteiger partial charge in [-0.05, 0) is 32.3 Å². The second-order valence-electron chi connectivity index (χ2n) is 5.74. The minimum atomic E-state index is -0.404. The Balaban J connectivity index is 2.04. The van der Waals surface area contributed by atoms with Crippen molar-refractivity contribution in [3.8, 4) is 0 Å². The van der Waals surface area contributed by atoms with Crippen molar-refractivity contribution in [1.82, 2.24) is 9.78 Å². The number of Topliss-reactive ketones (excluding diaryl/α,β-unsaturated/α-hetero) is 1. The maximum absolute atomic E-state index is 12.6. The first-order chi connectivity index (χ1) is 9.61. The fourth-order valence-electron chi connectivity index (χ4n) is 2.62. The molecule has 2 N–H and O–H groups in total. The summed E-state index contributed by atoms with van der Waals surface area (Å²) in [6.07, 6.45) is 4.82. The highest BCUT2D eigenvalue weighted by Gasteiger charge is 2.38. The molecule has 0 bridgehead atoms. The molecule has 2 rings (SSSR count). The van der Waals surface area contributed by atoms with Crippen LogP contribution in [0.5, 0.6) is 0 Å². The number of hydrogen-bond acceptors (Lipinski definition) is 4. The van der Waals surface area contributed by atoms with Crippen molar-refractivity contribution in [3.63, 3.8) is 0 Å². The van der Waals surface area contributed by atoms with Gasteiger partial charge in [-0.3, -0.25) is 9.48 Å². The standard InChI is InChI=1S/C15H25N3O2/c1-3-12(2)18-7-4-13(17-18)10-14(19)15(11-16)5-8-20-9-6-15/h4,7,12H,3,5-6,8-11,16H2,1-2H3. The van der Waals surface area contributed by atoms with Crippen LogP contribution in [0.1, 0.15) is 44.8 Å². The number of carbonyl (C=O) groups excluding carboxylic acids is 1. The Bertz CT molecular complexity index is 450. The smallest absolute Gasteiger partial charge is 0.146 e. The van der Waals surface area contributed by atoms with Gasteiger partial charge in [0.25, 0.3) is 0 Å². The summed E-state index contributed by atoms with van der Waals surface area (Å²) in [5.41, 5.74) is 6.30. The Labute approximate surface area is 120 Å². The molecule has 1 aliphatic rings. The molecular formula is C15H25N3O2. The van der Waals surface area contributed by atoms with Crippen LogP contribution in [0.4, 0.5) is 0 Å². The van der Waals surface area contributed by atoms with Crippen LogP contribution in [0, 0.1) is 5.41 Å². The fraction of sp³-hybridized carbons (Fsp3) is 0.733. The lowest BCUT2D eigenvalue weighted by Crippen LogP contribution is -2.44. The third-order valence-electron chi connectivity index (χ3n) is 4.48. The van der Waals surface area contributed by atoms with E-state index in [1.807, 2.05) is 16.9 Å². The van der Waals surface area contributed by atoms with Crippen molar-refractivity contribution < 1.29 is 9.53 Å². The summed E-state index contributed by atoms with van der Waals surface area (Å²) in [5.74, 6) is 0.206. The van der Waals surface area contributed by atoms with E-state index in [9.17, 15) is 4.79 Å². The van der Waals surface area contributed by atoms with Gasteiger partial charge < -0.3 is 10.5 Å². The van der Waals surface area contributed by atoms with Crippen molar-refractivity contribution in [2.75, 3.05) is 19.8 Å². The molecule has 1 fully saturated rings. The Morgan fingerprint density at radius 3 is 2.85 bits per heavy atom. The lowest BCUT2D eigenvalue weighted by molar-refractivity contribution is -0.132. The van der Waals surface area contributed by atoms with E-state index in [0.717, 1.165) is 25.0 Å². The number of carbonyl (C=O) groups is 1. The summed E-state index contributed by atoms with van der Waals surface area (Å²) in [4.78, 5) is 12.6. The van der Waals surface area contributed by atoms with Crippen LogP contribution in [0.3, 0.4) is 0 Å². The van der Waals surface area contributed by atoms with Gasteiger partial charge in [0.05, 0.1) is 12.1 Å². The highest BCUT2D eigenvalue weighted by molar-refractivity contribution is 5.86. The fourth-order valence-corrected chi connectivity index (χ4v) is 2.62. The van der Waals surface area contributed by atoms with Crippen LogP contribution >= 0.6 is 0 Å². The molecule has 1 aliphatic heterocycles. The van der Waals surface area contributed by atoms with E-state index in [1.54, 1.807) is 0 Å². The molecule has 1 aromatic heterocycles. The van der Waals surface area contributed by atoms with E-state index in [-0.39, 0.29) is 5.78 Å². The van der Waals surface area contributed by atoms with Crippen LogP contribution in [0.15, 0.2) is 12.3 Å². The third-order valence-corrected chi connectivity index (χ3v) is 4.48. The predicted molar refractivity (Wildman–Crippen MR) is 77.5 cm³/mol. The van der Waals surface area contributed by atoms with Gasteiger partial charge in [-0.1, -0.05) is 6.92 Å². The highest BCUT2D eigenvalue weighted by atomic mass is 16.5. The summed E-state index contributed by atoms with van der Waals surface area (Å²) in [6, 6.07) is 2.30. The van der Waals surface area contributed by atoms with Crippen LogP contribution in [-0.2, 0) is 16.0 Å². The van der Waals surface area contributed by atoms with Gasteiger partial charge in [0.15, 0.2) is 0 Å². The Kier molecular flexibility index (Phi) is 4.94. The lowest BCUT2D eigenvalue weighted by atomic mass is 9.75. The van der Waals surface area contributed by atoms with Crippen molar-refractivity contribution >= 4 is 5.78 Å². The molecule has 0 radical (unpaired) electrons. The average Bonchev–Trinajstić information content (AvgIpc) is 2.95. The number of ether oxygens (including phenoxy) is 1. The van der Waals surface area contributed by atoms with Crippen LogP contribution in [0.2, 0.25) is 0 Å². The molecule has 0 aliphatic carbocycles. The normalized spacial score (nSPS) is 19.8. The molecule has 1 saturated heterocycles. The molecule has 1 aromatic rings. The van der Waals surface area contributed by atoms with Crippen molar-refractivity contribution in [2.45, 2.75) is 45.6 Å². The number of hydrogen-bond donors (Lipinski definition) is 1. The number of ketones is 1. The van der Waals surface area contributed by atoms with E-state index < -0.39 is 5.41 Å². The second kappa shape index (κ2) is 6.50. The van der Waals surface area contributed by atoms with E-state index in [1.165, 1.54) is 0 Å². The SMILES string of the molecule is CCC(C)n1ccc(CC(=O)C2(CN)CCOCC2)n1. The maximum Gasteiger partial charge on any atom is 0.146 e. The molecule has 0 saturated carbocycles. The number of nitrogens with zero attached hydrogens (tertiary/aromatic N) is 2. The molecule has 0 aromatic carbocycles. The zero-order chi connectivity index (χ0) is 14.6. The molecule has 20 heavy (non-hydrogen) atoms. The van der Waals surface area contributed by atoms with Crippen molar-refractivity contribution in [2.24, 2.45) is 11.1 Å². The molecule has 0 spiro atoms. The summed E-state index contributed by atoms with van der Waals surface area (Å²) >= 11 is 0. The van der Waals surface area contributed by atoms with Gasteiger partial charge in [0.1, 0.15) is 5.78 Å². The minimum absolute atomic E-state index is 0.206. The van der Waals surface area contributed by atoms with Crippen LogP contribution < -0.4 is 5.73 Å². The molecule has 0 amide bonds. The summed E-state index contributed by atoms with van der Waals surface area (Å²) in [5, 5.41) is 4.50. The van der Waals surface area contributed by atoms with Gasteiger partial charge in [0, 0.05) is 37.4 Å². The zero-order valence-corrected chi connectivity index (χ0v) is 12.5.